The van der Waals surface area contributed by atoms with Gasteiger partial charge >= 0.3 is 0 Å². The summed E-state index contributed by atoms with van der Waals surface area (Å²) < 4.78 is 0. The quantitative estimate of drug-likeness (QED) is 0.687. The molecule has 0 aliphatic rings. The van der Waals surface area contributed by atoms with Crippen LogP contribution >= 0.6 is 11.8 Å². The maximum absolute atomic E-state index is 11.8. The van der Waals surface area contributed by atoms with E-state index in [9.17, 15) is 4.79 Å². The van der Waals surface area contributed by atoms with Crippen molar-refractivity contribution in [2.24, 2.45) is 0 Å². The molecule has 1 aromatic carbocycles. The number of nitrogens with one attached hydrogen (secondary N) is 2. The van der Waals surface area contributed by atoms with E-state index in [-0.39, 0.29) is 5.91 Å². The molecule has 0 atom stereocenters. The molecule has 0 fully saturated rings. The normalized spacial score (nSPS) is 10.8. The Morgan fingerprint density at radius 3 is 2.35 bits per heavy atom. The van der Waals surface area contributed by atoms with Gasteiger partial charge in [-0.25, -0.2) is 0 Å². The summed E-state index contributed by atoms with van der Waals surface area (Å²) in [5.41, 5.74) is 1.28. The van der Waals surface area contributed by atoms with E-state index in [1.165, 1.54) is 5.56 Å². The van der Waals surface area contributed by atoms with Crippen molar-refractivity contribution in [3.63, 3.8) is 0 Å². The van der Waals surface area contributed by atoms with E-state index in [1.807, 2.05) is 0 Å². The van der Waals surface area contributed by atoms with Crippen molar-refractivity contribution in [2.45, 2.75) is 51.1 Å². The zero-order valence-corrected chi connectivity index (χ0v) is 13.6. The molecule has 1 rings (SSSR count). The third-order valence-corrected chi connectivity index (χ3v) is 4.24. The minimum absolute atomic E-state index is 0.125. The lowest BCUT2D eigenvalue weighted by Crippen LogP contribution is -2.34. The van der Waals surface area contributed by atoms with E-state index in [4.69, 9.17) is 0 Å². The van der Waals surface area contributed by atoms with Crippen molar-refractivity contribution in [3.05, 3.63) is 29.8 Å². The molecule has 0 unspecified atom stereocenters. The molecule has 0 radical (unpaired) electrons. The van der Waals surface area contributed by atoms with E-state index in [0.29, 0.717) is 11.8 Å². The highest BCUT2D eigenvalue weighted by Gasteiger charge is 2.08. The summed E-state index contributed by atoms with van der Waals surface area (Å²) >= 11 is 1.59. The van der Waals surface area contributed by atoms with Gasteiger partial charge in [0.15, 0.2) is 0 Å². The second kappa shape index (κ2) is 9.83. The van der Waals surface area contributed by atoms with Gasteiger partial charge in [-0.2, -0.15) is 0 Å². The van der Waals surface area contributed by atoms with Crippen LogP contribution in [0.4, 0.5) is 0 Å². The van der Waals surface area contributed by atoms with E-state index in [0.717, 1.165) is 30.8 Å². The molecule has 112 valence electrons. The SMILES string of the molecule is CCNCc1ccc(SCC(=O)NC(CC)CC)cc1. The molecule has 0 heterocycles. The molecule has 0 bridgehead atoms. The van der Waals surface area contributed by atoms with Crippen LogP contribution in [0.5, 0.6) is 0 Å². The maximum atomic E-state index is 11.8. The molecule has 1 amide bonds. The Labute approximate surface area is 126 Å². The van der Waals surface area contributed by atoms with E-state index < -0.39 is 0 Å². The number of rotatable bonds is 9. The third kappa shape index (κ3) is 6.44. The molecule has 0 aliphatic carbocycles. The summed E-state index contributed by atoms with van der Waals surface area (Å²) in [4.78, 5) is 13.0. The number of hydrogen-bond donors (Lipinski definition) is 2. The lowest BCUT2D eigenvalue weighted by molar-refractivity contribution is -0.119. The van der Waals surface area contributed by atoms with Crippen LogP contribution in [0, 0.1) is 0 Å². The molecule has 4 heteroatoms. The van der Waals surface area contributed by atoms with Gasteiger partial charge in [0.05, 0.1) is 5.75 Å². The minimum atomic E-state index is 0.125. The second-order valence-corrected chi connectivity index (χ2v) is 5.84. The van der Waals surface area contributed by atoms with Crippen LogP contribution in [0.15, 0.2) is 29.2 Å². The van der Waals surface area contributed by atoms with Crippen LogP contribution in [-0.4, -0.2) is 24.2 Å². The number of thioether (sulfide) groups is 1. The van der Waals surface area contributed by atoms with Gasteiger partial charge in [0, 0.05) is 17.5 Å². The fraction of sp³-hybridized carbons (Fsp3) is 0.562. The molecular weight excluding hydrogens is 268 g/mol. The molecule has 0 saturated heterocycles. The Morgan fingerprint density at radius 2 is 1.80 bits per heavy atom. The molecule has 0 spiro atoms. The summed E-state index contributed by atoms with van der Waals surface area (Å²) in [6, 6.07) is 8.71. The standard InChI is InChI=1S/C16H26N2OS/c1-4-14(5-2)18-16(19)12-20-15-9-7-13(8-10-15)11-17-6-3/h7-10,14,17H,4-6,11-12H2,1-3H3,(H,18,19). The minimum Gasteiger partial charge on any atom is -0.353 e. The summed E-state index contributed by atoms with van der Waals surface area (Å²) in [5, 5.41) is 6.35. The first kappa shape index (κ1) is 17.1. The van der Waals surface area contributed by atoms with Gasteiger partial charge in [-0.15, -0.1) is 11.8 Å². The average molecular weight is 294 g/mol. The monoisotopic (exact) mass is 294 g/mol. The van der Waals surface area contributed by atoms with Gasteiger partial charge in [0.1, 0.15) is 0 Å². The summed E-state index contributed by atoms with van der Waals surface area (Å²) in [5.74, 6) is 0.615. The van der Waals surface area contributed by atoms with Crippen molar-refractivity contribution >= 4 is 17.7 Å². The van der Waals surface area contributed by atoms with Gasteiger partial charge in [-0.05, 0) is 37.1 Å². The van der Waals surface area contributed by atoms with Gasteiger partial charge in [0.2, 0.25) is 5.91 Å². The van der Waals surface area contributed by atoms with E-state index in [1.54, 1.807) is 11.8 Å². The number of benzene rings is 1. The predicted molar refractivity (Wildman–Crippen MR) is 87.1 cm³/mol. The van der Waals surface area contributed by atoms with Crippen LogP contribution < -0.4 is 10.6 Å². The average Bonchev–Trinajstić information content (AvgIpc) is 2.49. The van der Waals surface area contributed by atoms with Crippen LogP contribution in [0.2, 0.25) is 0 Å². The van der Waals surface area contributed by atoms with Gasteiger partial charge in [-0.1, -0.05) is 32.9 Å². The summed E-state index contributed by atoms with van der Waals surface area (Å²) in [7, 11) is 0. The Balaban J connectivity index is 2.35. The lowest BCUT2D eigenvalue weighted by atomic mass is 10.2. The fourth-order valence-electron chi connectivity index (χ4n) is 1.88. The lowest BCUT2D eigenvalue weighted by Gasteiger charge is -2.14. The van der Waals surface area contributed by atoms with Crippen molar-refractivity contribution in [1.82, 2.24) is 10.6 Å². The largest absolute Gasteiger partial charge is 0.353 e. The van der Waals surface area contributed by atoms with E-state index >= 15 is 0 Å². The van der Waals surface area contributed by atoms with Crippen molar-refractivity contribution in [3.8, 4) is 0 Å². The van der Waals surface area contributed by atoms with Crippen molar-refractivity contribution in [1.29, 1.82) is 0 Å². The molecule has 0 aromatic heterocycles. The zero-order valence-electron chi connectivity index (χ0n) is 12.7. The first-order chi connectivity index (χ1) is 9.69. The number of carbonyl (C=O) groups excluding carboxylic acids is 1. The first-order valence-corrected chi connectivity index (χ1v) is 8.39. The molecule has 3 nitrogen and oxygen atoms in total. The van der Waals surface area contributed by atoms with Crippen LogP contribution in [0.3, 0.4) is 0 Å². The second-order valence-electron chi connectivity index (χ2n) is 4.79. The third-order valence-electron chi connectivity index (χ3n) is 3.22. The Bertz CT molecular complexity index is 388. The number of hydrogen-bond acceptors (Lipinski definition) is 3. The highest BCUT2D eigenvalue weighted by atomic mass is 32.2. The Morgan fingerprint density at radius 1 is 1.15 bits per heavy atom. The maximum Gasteiger partial charge on any atom is 0.230 e. The molecule has 0 aliphatic heterocycles. The Kier molecular flexibility index (Phi) is 8.38. The zero-order chi connectivity index (χ0) is 14.8. The highest BCUT2D eigenvalue weighted by Crippen LogP contribution is 2.18. The highest BCUT2D eigenvalue weighted by molar-refractivity contribution is 8.00. The van der Waals surface area contributed by atoms with Gasteiger partial charge in [-0.3, -0.25) is 4.79 Å². The first-order valence-electron chi connectivity index (χ1n) is 7.41. The molecule has 1 aromatic rings. The topological polar surface area (TPSA) is 41.1 Å². The summed E-state index contributed by atoms with van der Waals surface area (Å²) in [6.07, 6.45) is 1.98. The number of carbonyl (C=O) groups is 1. The summed E-state index contributed by atoms with van der Waals surface area (Å²) in [6.45, 7) is 8.18. The van der Waals surface area contributed by atoms with Crippen LogP contribution in [-0.2, 0) is 11.3 Å². The fourth-order valence-corrected chi connectivity index (χ4v) is 2.59. The van der Waals surface area contributed by atoms with Crippen LogP contribution in [0.25, 0.3) is 0 Å². The van der Waals surface area contributed by atoms with Gasteiger partial charge in [0.25, 0.3) is 0 Å². The van der Waals surface area contributed by atoms with Crippen molar-refractivity contribution in [2.75, 3.05) is 12.3 Å². The molecule has 20 heavy (non-hydrogen) atoms. The molecular formula is C16H26N2OS. The Hall–Kier alpha value is -1.00. The van der Waals surface area contributed by atoms with Crippen molar-refractivity contribution < 1.29 is 4.79 Å². The van der Waals surface area contributed by atoms with Gasteiger partial charge < -0.3 is 10.6 Å². The smallest absolute Gasteiger partial charge is 0.230 e. The van der Waals surface area contributed by atoms with Crippen LogP contribution in [0.1, 0.15) is 39.2 Å². The molecule has 0 saturated carbocycles. The molecule has 2 N–H and O–H groups in total. The number of amides is 1. The predicted octanol–water partition coefficient (Wildman–Crippen LogP) is 3.19. The van der Waals surface area contributed by atoms with E-state index in [2.05, 4.69) is 55.7 Å².